The predicted octanol–water partition coefficient (Wildman–Crippen LogP) is -2.49. The molecule has 6 heteroatoms. The zero-order chi connectivity index (χ0) is 9.02. The number of rotatable bonds is 3. The predicted molar refractivity (Wildman–Crippen MR) is 35.7 cm³/mol. The molecule has 0 aliphatic carbocycles. The van der Waals surface area contributed by atoms with Crippen molar-refractivity contribution in [2.75, 3.05) is 7.05 Å². The summed E-state index contributed by atoms with van der Waals surface area (Å²) in [5.41, 5.74) is 4.93. The summed E-state index contributed by atoms with van der Waals surface area (Å²) in [6.45, 7) is 0. The Morgan fingerprint density at radius 3 is 2.27 bits per heavy atom. The Bertz CT molecular complexity index is 170. The first-order valence-corrected chi connectivity index (χ1v) is 2.88. The summed E-state index contributed by atoms with van der Waals surface area (Å²) in [7, 11) is 1.28. The average molecular weight is 162 g/mol. The number of carbonyl (C=O) groups excluding carboxylic acids is 1. The van der Waals surface area contributed by atoms with Gasteiger partial charge in [0.25, 0.3) is 5.91 Å². The second kappa shape index (κ2) is 3.89. The summed E-state index contributed by atoms with van der Waals surface area (Å²) in [5, 5.41) is 19.1. The van der Waals surface area contributed by atoms with Crippen LogP contribution >= 0.6 is 0 Å². The van der Waals surface area contributed by atoms with Gasteiger partial charge < -0.3 is 21.3 Å². The minimum Gasteiger partial charge on any atom is -0.480 e. The van der Waals surface area contributed by atoms with Gasteiger partial charge in [0.1, 0.15) is 6.04 Å². The summed E-state index contributed by atoms with van der Waals surface area (Å²) in [6.07, 6.45) is -1.70. The van der Waals surface area contributed by atoms with Crippen LogP contribution in [0.25, 0.3) is 0 Å². The minimum atomic E-state index is -1.70. The fourth-order valence-corrected chi connectivity index (χ4v) is 0.446. The standard InChI is InChI=1S/C5H10N2O4/c1-7-4(9)3(8)2(6)5(10)11/h2-3,8H,6H2,1H3,(H,7,9)(H,10,11)/t2-,3-/m1/s1. The van der Waals surface area contributed by atoms with Crippen LogP contribution < -0.4 is 11.1 Å². The quantitative estimate of drug-likeness (QED) is 0.366. The molecule has 2 atom stereocenters. The molecule has 0 aromatic rings. The molecule has 1 amide bonds. The van der Waals surface area contributed by atoms with Crippen molar-refractivity contribution in [1.29, 1.82) is 0 Å². The SMILES string of the molecule is CNC(=O)[C@H](O)[C@@H](N)C(=O)O. The van der Waals surface area contributed by atoms with Crippen LogP contribution in [0, 0.1) is 0 Å². The summed E-state index contributed by atoms with van der Waals surface area (Å²) in [4.78, 5) is 20.6. The summed E-state index contributed by atoms with van der Waals surface area (Å²) in [6, 6.07) is -1.57. The van der Waals surface area contributed by atoms with E-state index in [-0.39, 0.29) is 0 Å². The molecule has 0 heterocycles. The summed E-state index contributed by atoms with van der Waals surface area (Å²) in [5.74, 6) is -2.22. The molecule has 0 aromatic carbocycles. The van der Waals surface area contributed by atoms with Crippen LogP contribution in [0.5, 0.6) is 0 Å². The lowest BCUT2D eigenvalue weighted by Gasteiger charge is -2.12. The highest BCUT2D eigenvalue weighted by Gasteiger charge is 2.27. The Morgan fingerprint density at radius 1 is 1.55 bits per heavy atom. The van der Waals surface area contributed by atoms with Gasteiger partial charge in [-0.15, -0.1) is 0 Å². The number of carboxylic acid groups (broad SMARTS) is 1. The Kier molecular flexibility index (Phi) is 3.49. The Balaban J connectivity index is 4.12. The van der Waals surface area contributed by atoms with E-state index in [9.17, 15) is 9.59 Å². The lowest BCUT2D eigenvalue weighted by Crippen LogP contribution is -2.49. The molecule has 0 saturated carbocycles. The number of aliphatic carboxylic acids is 1. The molecule has 0 bridgehead atoms. The van der Waals surface area contributed by atoms with E-state index in [0.29, 0.717) is 0 Å². The van der Waals surface area contributed by atoms with Crippen LogP contribution in [-0.2, 0) is 9.59 Å². The van der Waals surface area contributed by atoms with E-state index < -0.39 is 24.0 Å². The number of amides is 1. The summed E-state index contributed by atoms with van der Waals surface area (Å²) < 4.78 is 0. The van der Waals surface area contributed by atoms with Gasteiger partial charge in [-0.2, -0.15) is 0 Å². The maximum absolute atomic E-state index is 10.6. The van der Waals surface area contributed by atoms with E-state index in [2.05, 4.69) is 5.32 Å². The van der Waals surface area contributed by atoms with Gasteiger partial charge in [-0.25, -0.2) is 0 Å². The molecule has 0 spiro atoms. The van der Waals surface area contributed by atoms with Gasteiger partial charge in [0, 0.05) is 7.05 Å². The number of hydrogen-bond donors (Lipinski definition) is 4. The van der Waals surface area contributed by atoms with Crippen LogP contribution in [0.1, 0.15) is 0 Å². The van der Waals surface area contributed by atoms with Crippen molar-refractivity contribution in [2.24, 2.45) is 5.73 Å². The Labute approximate surface area is 63.0 Å². The number of aliphatic hydroxyl groups is 1. The van der Waals surface area contributed by atoms with Crippen LogP contribution in [0.2, 0.25) is 0 Å². The molecule has 11 heavy (non-hydrogen) atoms. The lowest BCUT2D eigenvalue weighted by molar-refractivity contribution is -0.145. The first kappa shape index (κ1) is 9.86. The van der Waals surface area contributed by atoms with Gasteiger partial charge in [0.05, 0.1) is 0 Å². The highest BCUT2D eigenvalue weighted by atomic mass is 16.4. The molecule has 0 fully saturated rings. The van der Waals surface area contributed by atoms with E-state index in [1.807, 2.05) is 0 Å². The molecule has 64 valence electrons. The smallest absolute Gasteiger partial charge is 0.323 e. The van der Waals surface area contributed by atoms with Crippen molar-refractivity contribution in [2.45, 2.75) is 12.1 Å². The third-order valence-electron chi connectivity index (χ3n) is 1.14. The van der Waals surface area contributed by atoms with Crippen molar-refractivity contribution >= 4 is 11.9 Å². The average Bonchev–Trinajstić information content (AvgIpc) is 2.00. The largest absolute Gasteiger partial charge is 0.480 e. The number of nitrogens with one attached hydrogen (secondary N) is 1. The van der Waals surface area contributed by atoms with Gasteiger partial charge >= 0.3 is 5.97 Å². The van der Waals surface area contributed by atoms with E-state index >= 15 is 0 Å². The van der Waals surface area contributed by atoms with Crippen molar-refractivity contribution in [3.8, 4) is 0 Å². The normalized spacial score (nSPS) is 15.2. The number of likely N-dealkylation sites (N-methyl/N-ethyl adjacent to an activating group) is 1. The van der Waals surface area contributed by atoms with Gasteiger partial charge in [-0.1, -0.05) is 0 Å². The number of carbonyl (C=O) groups is 2. The van der Waals surface area contributed by atoms with Crippen molar-refractivity contribution in [3.05, 3.63) is 0 Å². The van der Waals surface area contributed by atoms with Gasteiger partial charge in [-0.3, -0.25) is 9.59 Å². The number of carboxylic acids is 1. The third-order valence-corrected chi connectivity index (χ3v) is 1.14. The minimum absolute atomic E-state index is 0.806. The van der Waals surface area contributed by atoms with E-state index in [1.165, 1.54) is 7.05 Å². The monoisotopic (exact) mass is 162 g/mol. The maximum atomic E-state index is 10.6. The second-order valence-electron chi connectivity index (χ2n) is 1.92. The molecule has 0 saturated heterocycles. The van der Waals surface area contributed by atoms with Crippen molar-refractivity contribution < 1.29 is 19.8 Å². The van der Waals surface area contributed by atoms with Crippen LogP contribution in [0.15, 0.2) is 0 Å². The topological polar surface area (TPSA) is 113 Å². The summed E-state index contributed by atoms with van der Waals surface area (Å²) >= 11 is 0. The van der Waals surface area contributed by atoms with E-state index in [4.69, 9.17) is 15.9 Å². The zero-order valence-electron chi connectivity index (χ0n) is 5.94. The van der Waals surface area contributed by atoms with Crippen LogP contribution in [0.3, 0.4) is 0 Å². The first-order chi connectivity index (χ1) is 5.00. The molecule has 0 rings (SSSR count). The maximum Gasteiger partial charge on any atom is 0.323 e. The first-order valence-electron chi connectivity index (χ1n) is 2.88. The zero-order valence-corrected chi connectivity index (χ0v) is 5.94. The highest BCUT2D eigenvalue weighted by Crippen LogP contribution is 1.89. The number of aliphatic hydroxyl groups excluding tert-OH is 1. The lowest BCUT2D eigenvalue weighted by atomic mass is 10.1. The molecule has 0 unspecified atom stereocenters. The Hall–Kier alpha value is -1.14. The fourth-order valence-electron chi connectivity index (χ4n) is 0.446. The molecule has 5 N–H and O–H groups in total. The van der Waals surface area contributed by atoms with Gasteiger partial charge in [0.15, 0.2) is 6.10 Å². The Morgan fingerprint density at radius 2 is 2.00 bits per heavy atom. The molecule has 0 aliphatic heterocycles. The molecule has 0 aromatic heterocycles. The van der Waals surface area contributed by atoms with Crippen LogP contribution in [0.4, 0.5) is 0 Å². The fraction of sp³-hybridized carbons (Fsp3) is 0.600. The highest BCUT2D eigenvalue weighted by molar-refractivity contribution is 5.88. The third kappa shape index (κ3) is 2.52. The van der Waals surface area contributed by atoms with Gasteiger partial charge in [-0.05, 0) is 0 Å². The van der Waals surface area contributed by atoms with Gasteiger partial charge in [0.2, 0.25) is 0 Å². The molecule has 0 aliphatic rings. The van der Waals surface area contributed by atoms with E-state index in [1.54, 1.807) is 0 Å². The molecule has 0 radical (unpaired) electrons. The van der Waals surface area contributed by atoms with Crippen molar-refractivity contribution in [1.82, 2.24) is 5.32 Å². The van der Waals surface area contributed by atoms with Crippen molar-refractivity contribution in [3.63, 3.8) is 0 Å². The van der Waals surface area contributed by atoms with Crippen LogP contribution in [-0.4, -0.2) is 41.3 Å². The second-order valence-corrected chi connectivity index (χ2v) is 1.92. The number of hydrogen-bond acceptors (Lipinski definition) is 4. The number of nitrogens with two attached hydrogens (primary N) is 1. The molecular weight excluding hydrogens is 152 g/mol. The molecule has 6 nitrogen and oxygen atoms in total. The van der Waals surface area contributed by atoms with E-state index in [0.717, 1.165) is 0 Å². The molecular formula is C5H10N2O4.